The average molecular weight is 137 g/mol. The number of rotatable bonds is 3. The van der Waals surface area contributed by atoms with Crippen molar-refractivity contribution in [1.82, 2.24) is 0 Å². The van der Waals surface area contributed by atoms with Gasteiger partial charge in [0, 0.05) is 6.21 Å². The van der Waals surface area contributed by atoms with E-state index >= 15 is 0 Å². The van der Waals surface area contributed by atoms with Crippen LogP contribution in [0.3, 0.4) is 0 Å². The van der Waals surface area contributed by atoms with Crippen molar-refractivity contribution in [2.24, 2.45) is 4.99 Å². The van der Waals surface area contributed by atoms with E-state index in [4.69, 9.17) is 5.11 Å². The van der Waals surface area contributed by atoms with Crippen LogP contribution in [0.15, 0.2) is 28.8 Å². The van der Waals surface area contributed by atoms with E-state index in [9.17, 15) is 0 Å². The highest BCUT2D eigenvalue weighted by atomic mass is 16.3. The SMILES string of the molecule is OCCN=CC1=CC=CC1. The zero-order chi connectivity index (χ0) is 7.23. The Morgan fingerprint density at radius 2 is 2.60 bits per heavy atom. The fraction of sp³-hybridized carbons (Fsp3) is 0.375. The molecule has 0 aliphatic heterocycles. The van der Waals surface area contributed by atoms with E-state index in [-0.39, 0.29) is 6.61 Å². The molecule has 0 saturated heterocycles. The van der Waals surface area contributed by atoms with Crippen LogP contribution in [0, 0.1) is 0 Å². The molecule has 0 spiro atoms. The number of hydrogen-bond acceptors (Lipinski definition) is 2. The van der Waals surface area contributed by atoms with E-state index in [1.54, 1.807) is 0 Å². The molecule has 0 heterocycles. The molecule has 0 amide bonds. The molecule has 1 aliphatic rings. The Hall–Kier alpha value is -0.890. The Morgan fingerprint density at radius 1 is 1.70 bits per heavy atom. The van der Waals surface area contributed by atoms with E-state index < -0.39 is 0 Å². The smallest absolute Gasteiger partial charge is 0.0626 e. The highest BCUT2D eigenvalue weighted by molar-refractivity contribution is 5.80. The number of nitrogens with zero attached hydrogens (tertiary/aromatic N) is 1. The van der Waals surface area contributed by atoms with Gasteiger partial charge in [0.1, 0.15) is 0 Å². The maximum atomic E-state index is 8.39. The average Bonchev–Trinajstić information content (AvgIpc) is 2.41. The number of aliphatic imine (C=N–C) groups is 1. The summed E-state index contributed by atoms with van der Waals surface area (Å²) in [5.74, 6) is 0. The number of hydrogen-bond donors (Lipinski definition) is 1. The molecule has 54 valence electrons. The molecule has 10 heavy (non-hydrogen) atoms. The molecule has 0 aromatic carbocycles. The van der Waals surface area contributed by atoms with Gasteiger partial charge in [0.25, 0.3) is 0 Å². The molecule has 0 radical (unpaired) electrons. The van der Waals surface area contributed by atoms with Crippen LogP contribution in [0.4, 0.5) is 0 Å². The van der Waals surface area contributed by atoms with Gasteiger partial charge >= 0.3 is 0 Å². The number of aliphatic hydroxyl groups excluding tert-OH is 1. The van der Waals surface area contributed by atoms with Crippen LogP contribution in [0.1, 0.15) is 6.42 Å². The monoisotopic (exact) mass is 137 g/mol. The summed E-state index contributed by atoms with van der Waals surface area (Å²) in [6.07, 6.45) is 8.92. The van der Waals surface area contributed by atoms with Crippen molar-refractivity contribution < 1.29 is 5.11 Å². The second-order valence-corrected chi connectivity index (χ2v) is 2.13. The van der Waals surface area contributed by atoms with E-state index in [1.807, 2.05) is 18.4 Å². The van der Waals surface area contributed by atoms with Gasteiger partial charge in [-0.1, -0.05) is 18.2 Å². The van der Waals surface area contributed by atoms with Gasteiger partial charge in [-0.3, -0.25) is 4.99 Å². The molecule has 0 aromatic rings. The largest absolute Gasteiger partial charge is 0.394 e. The molecule has 0 fully saturated rings. The molecule has 1 rings (SSSR count). The summed E-state index contributed by atoms with van der Waals surface area (Å²) in [5.41, 5.74) is 1.22. The topological polar surface area (TPSA) is 32.6 Å². The Bertz CT molecular complexity index is 180. The van der Waals surface area contributed by atoms with Crippen LogP contribution in [-0.2, 0) is 0 Å². The van der Waals surface area contributed by atoms with E-state index in [1.165, 1.54) is 5.57 Å². The molecule has 1 N–H and O–H groups in total. The van der Waals surface area contributed by atoms with Gasteiger partial charge in [0.05, 0.1) is 13.2 Å². The lowest BCUT2D eigenvalue weighted by atomic mass is 10.3. The van der Waals surface area contributed by atoms with Crippen molar-refractivity contribution in [1.29, 1.82) is 0 Å². The normalized spacial score (nSPS) is 16.7. The number of aliphatic hydroxyl groups is 1. The van der Waals surface area contributed by atoms with Gasteiger partial charge in [0.15, 0.2) is 0 Å². The lowest BCUT2D eigenvalue weighted by Gasteiger charge is -1.88. The quantitative estimate of drug-likeness (QED) is 0.577. The molecule has 2 nitrogen and oxygen atoms in total. The van der Waals surface area contributed by atoms with Crippen LogP contribution in [0.5, 0.6) is 0 Å². The minimum atomic E-state index is 0.136. The lowest BCUT2D eigenvalue weighted by Crippen LogP contribution is -1.88. The molecule has 0 atom stereocenters. The van der Waals surface area contributed by atoms with Gasteiger partial charge in [-0.2, -0.15) is 0 Å². The van der Waals surface area contributed by atoms with Crippen molar-refractivity contribution in [3.05, 3.63) is 23.8 Å². The zero-order valence-electron chi connectivity index (χ0n) is 5.83. The van der Waals surface area contributed by atoms with E-state index in [0.29, 0.717) is 6.54 Å². The standard InChI is InChI=1S/C8H11NO/c10-6-5-9-7-8-3-1-2-4-8/h1-3,7,10H,4-6H2. The van der Waals surface area contributed by atoms with Crippen LogP contribution >= 0.6 is 0 Å². The third kappa shape index (κ3) is 2.15. The highest BCUT2D eigenvalue weighted by Crippen LogP contribution is 2.06. The molecule has 1 aliphatic carbocycles. The molecular formula is C8H11NO. The number of allylic oxidation sites excluding steroid dienone is 4. The maximum absolute atomic E-state index is 8.39. The second kappa shape index (κ2) is 4.01. The summed E-state index contributed by atoms with van der Waals surface area (Å²) in [6, 6.07) is 0. The second-order valence-electron chi connectivity index (χ2n) is 2.13. The first kappa shape index (κ1) is 7.22. The van der Waals surface area contributed by atoms with Crippen LogP contribution < -0.4 is 0 Å². The van der Waals surface area contributed by atoms with Crippen molar-refractivity contribution in [3.8, 4) is 0 Å². The predicted molar refractivity (Wildman–Crippen MR) is 42.3 cm³/mol. The fourth-order valence-corrected chi connectivity index (χ4v) is 0.799. The van der Waals surface area contributed by atoms with Gasteiger partial charge in [-0.25, -0.2) is 0 Å². The summed E-state index contributed by atoms with van der Waals surface area (Å²) in [7, 11) is 0. The van der Waals surface area contributed by atoms with Gasteiger partial charge in [0.2, 0.25) is 0 Å². The Morgan fingerprint density at radius 3 is 3.20 bits per heavy atom. The Balaban J connectivity index is 2.25. The van der Waals surface area contributed by atoms with E-state index in [2.05, 4.69) is 11.1 Å². The summed E-state index contributed by atoms with van der Waals surface area (Å²) in [5, 5.41) is 8.39. The Kier molecular flexibility index (Phi) is 2.90. The lowest BCUT2D eigenvalue weighted by molar-refractivity contribution is 0.307. The van der Waals surface area contributed by atoms with Gasteiger partial charge < -0.3 is 5.11 Å². The summed E-state index contributed by atoms with van der Waals surface area (Å²) in [6.45, 7) is 0.647. The first-order valence-corrected chi connectivity index (χ1v) is 3.40. The van der Waals surface area contributed by atoms with Crippen LogP contribution in [0.2, 0.25) is 0 Å². The summed E-state index contributed by atoms with van der Waals surface area (Å²) >= 11 is 0. The van der Waals surface area contributed by atoms with Crippen molar-refractivity contribution in [2.75, 3.05) is 13.2 Å². The van der Waals surface area contributed by atoms with Gasteiger partial charge in [-0.15, -0.1) is 0 Å². The maximum Gasteiger partial charge on any atom is 0.0626 e. The summed E-state index contributed by atoms with van der Waals surface area (Å²) < 4.78 is 0. The van der Waals surface area contributed by atoms with Crippen molar-refractivity contribution in [3.63, 3.8) is 0 Å². The molecule has 0 unspecified atom stereocenters. The van der Waals surface area contributed by atoms with Crippen LogP contribution in [0.25, 0.3) is 0 Å². The van der Waals surface area contributed by atoms with Gasteiger partial charge in [-0.05, 0) is 12.0 Å². The molecule has 2 heteroatoms. The third-order valence-corrected chi connectivity index (χ3v) is 1.29. The summed E-state index contributed by atoms with van der Waals surface area (Å²) in [4.78, 5) is 3.99. The van der Waals surface area contributed by atoms with Crippen molar-refractivity contribution >= 4 is 6.21 Å². The molecule has 0 bridgehead atoms. The zero-order valence-corrected chi connectivity index (χ0v) is 5.83. The molecular weight excluding hydrogens is 126 g/mol. The third-order valence-electron chi connectivity index (χ3n) is 1.29. The predicted octanol–water partition coefficient (Wildman–Crippen LogP) is 0.936. The molecule has 0 aromatic heterocycles. The first-order valence-electron chi connectivity index (χ1n) is 3.40. The molecule has 0 saturated carbocycles. The Labute approximate surface area is 60.6 Å². The first-order chi connectivity index (χ1) is 4.93. The fourth-order valence-electron chi connectivity index (χ4n) is 0.799. The van der Waals surface area contributed by atoms with Crippen LogP contribution in [-0.4, -0.2) is 24.5 Å². The van der Waals surface area contributed by atoms with Crippen molar-refractivity contribution in [2.45, 2.75) is 6.42 Å². The minimum absolute atomic E-state index is 0.136. The highest BCUT2D eigenvalue weighted by Gasteiger charge is 1.92. The van der Waals surface area contributed by atoms with E-state index in [0.717, 1.165) is 6.42 Å². The minimum Gasteiger partial charge on any atom is -0.394 e.